The first-order valence-electron chi connectivity index (χ1n) is 7.01. The lowest BCUT2D eigenvalue weighted by atomic mass is 9.74. The minimum Gasteiger partial charge on any atom is -0.331 e. The number of benzene rings is 1. The molecule has 2 atom stereocenters. The average molecular weight is 285 g/mol. The van der Waals surface area contributed by atoms with Crippen LogP contribution in [0.25, 0.3) is 0 Å². The van der Waals surface area contributed by atoms with E-state index in [0.717, 1.165) is 24.4 Å². The summed E-state index contributed by atoms with van der Waals surface area (Å²) in [5, 5.41) is 8.21. The predicted molar refractivity (Wildman–Crippen MR) is 88.1 cm³/mol. The number of rotatable bonds is 2. The molecule has 0 heterocycles. The molecule has 0 spiro atoms. The van der Waals surface area contributed by atoms with Gasteiger partial charge in [-0.25, -0.2) is 0 Å². The summed E-state index contributed by atoms with van der Waals surface area (Å²) in [5.74, 6) is 1.34. The number of allylic oxidation sites excluding steroid dienone is 2. The largest absolute Gasteiger partial charge is 0.331 e. The second-order valence-corrected chi connectivity index (χ2v) is 5.96. The molecule has 1 aromatic carbocycles. The predicted octanol–water partition coefficient (Wildman–Crippen LogP) is 3.54. The van der Waals surface area contributed by atoms with Crippen LogP contribution < -0.4 is 10.7 Å². The molecule has 2 aliphatic carbocycles. The molecule has 0 radical (unpaired) electrons. The van der Waals surface area contributed by atoms with Crippen molar-refractivity contribution < 1.29 is 0 Å². The molecule has 20 heavy (non-hydrogen) atoms. The van der Waals surface area contributed by atoms with Gasteiger partial charge in [0.15, 0.2) is 5.11 Å². The minimum atomic E-state index is 0.556. The van der Waals surface area contributed by atoms with Crippen LogP contribution in [0.1, 0.15) is 24.0 Å². The smallest absolute Gasteiger partial charge is 0.191 e. The van der Waals surface area contributed by atoms with E-state index in [1.54, 1.807) is 0 Å². The topological polar surface area (TPSA) is 36.4 Å². The number of thiocarbonyl (C=S) groups is 1. The SMILES string of the molecule is Cc1cccc(NC(=S)N/N=C2/C[C@H]3C=CC[C@H]23)c1C. The molecule has 0 bridgehead atoms. The van der Waals surface area contributed by atoms with Crippen molar-refractivity contribution >= 4 is 28.7 Å². The van der Waals surface area contributed by atoms with Gasteiger partial charge < -0.3 is 5.32 Å². The average Bonchev–Trinajstić information content (AvgIpc) is 2.77. The molecule has 0 amide bonds. The number of aryl methyl sites for hydroxylation is 1. The van der Waals surface area contributed by atoms with Crippen molar-refractivity contribution in [1.29, 1.82) is 0 Å². The van der Waals surface area contributed by atoms with Gasteiger partial charge in [0.05, 0.1) is 0 Å². The van der Waals surface area contributed by atoms with Crippen LogP contribution in [0.2, 0.25) is 0 Å². The van der Waals surface area contributed by atoms with E-state index < -0.39 is 0 Å². The Morgan fingerprint density at radius 2 is 2.20 bits per heavy atom. The number of nitrogens with zero attached hydrogens (tertiary/aromatic N) is 1. The first kappa shape index (κ1) is 13.3. The fourth-order valence-electron chi connectivity index (χ4n) is 2.82. The zero-order chi connectivity index (χ0) is 14.1. The summed E-state index contributed by atoms with van der Waals surface area (Å²) in [6, 6.07) is 6.16. The molecule has 1 saturated carbocycles. The molecule has 2 N–H and O–H groups in total. The van der Waals surface area contributed by atoms with E-state index in [4.69, 9.17) is 12.2 Å². The van der Waals surface area contributed by atoms with Gasteiger partial charge in [0.25, 0.3) is 0 Å². The first-order valence-corrected chi connectivity index (χ1v) is 7.42. The summed E-state index contributed by atoms with van der Waals surface area (Å²) in [6.45, 7) is 4.19. The highest BCUT2D eigenvalue weighted by molar-refractivity contribution is 7.80. The first-order chi connectivity index (χ1) is 9.65. The van der Waals surface area contributed by atoms with Crippen molar-refractivity contribution in [3.8, 4) is 0 Å². The second-order valence-electron chi connectivity index (χ2n) is 5.55. The van der Waals surface area contributed by atoms with Crippen molar-refractivity contribution in [1.82, 2.24) is 5.43 Å². The Kier molecular flexibility index (Phi) is 3.57. The Bertz CT molecular complexity index is 604. The second kappa shape index (κ2) is 5.37. The van der Waals surface area contributed by atoms with Crippen LogP contribution in [0.4, 0.5) is 5.69 Å². The summed E-state index contributed by atoms with van der Waals surface area (Å²) in [7, 11) is 0. The van der Waals surface area contributed by atoms with Crippen molar-refractivity contribution in [3.05, 3.63) is 41.5 Å². The lowest BCUT2D eigenvalue weighted by Gasteiger charge is -2.31. The van der Waals surface area contributed by atoms with E-state index in [9.17, 15) is 0 Å². The van der Waals surface area contributed by atoms with E-state index in [-0.39, 0.29) is 0 Å². The molecule has 104 valence electrons. The third kappa shape index (κ3) is 2.48. The van der Waals surface area contributed by atoms with Crippen molar-refractivity contribution in [2.75, 3.05) is 5.32 Å². The fourth-order valence-corrected chi connectivity index (χ4v) is 2.98. The molecule has 3 rings (SSSR count). The number of hydrazone groups is 1. The zero-order valence-electron chi connectivity index (χ0n) is 11.8. The Balaban J connectivity index is 1.58. The van der Waals surface area contributed by atoms with E-state index in [1.807, 2.05) is 12.1 Å². The van der Waals surface area contributed by atoms with Gasteiger partial charge in [-0.05, 0) is 62.0 Å². The van der Waals surface area contributed by atoms with Crippen LogP contribution in [0, 0.1) is 25.7 Å². The Morgan fingerprint density at radius 1 is 1.35 bits per heavy atom. The molecular weight excluding hydrogens is 266 g/mol. The monoisotopic (exact) mass is 285 g/mol. The van der Waals surface area contributed by atoms with Gasteiger partial charge in [0.2, 0.25) is 0 Å². The standard InChI is InChI=1S/C16H19N3S/c1-10-5-3-8-14(11(10)2)17-16(20)19-18-15-9-12-6-4-7-13(12)15/h3-6,8,12-13H,7,9H2,1-2H3,(H2,17,19,20)/b18-15-/t12-,13+/m1/s1. The van der Waals surface area contributed by atoms with Gasteiger partial charge in [-0.3, -0.25) is 5.43 Å². The number of hydrogen-bond acceptors (Lipinski definition) is 2. The van der Waals surface area contributed by atoms with Crippen LogP contribution in [0.5, 0.6) is 0 Å². The number of anilines is 1. The summed E-state index contributed by atoms with van der Waals surface area (Å²) >= 11 is 5.30. The zero-order valence-corrected chi connectivity index (χ0v) is 12.6. The van der Waals surface area contributed by atoms with Crippen molar-refractivity contribution in [2.45, 2.75) is 26.7 Å². The maximum absolute atomic E-state index is 5.30. The Hall–Kier alpha value is -1.68. The van der Waals surface area contributed by atoms with E-state index in [1.165, 1.54) is 16.8 Å². The van der Waals surface area contributed by atoms with Crippen LogP contribution in [-0.2, 0) is 0 Å². The number of hydrogen-bond donors (Lipinski definition) is 2. The van der Waals surface area contributed by atoms with Crippen molar-refractivity contribution in [2.24, 2.45) is 16.9 Å². The molecule has 1 aromatic rings. The quantitative estimate of drug-likeness (QED) is 0.496. The van der Waals surface area contributed by atoms with Crippen LogP contribution in [-0.4, -0.2) is 10.8 Å². The lowest BCUT2D eigenvalue weighted by Crippen LogP contribution is -2.36. The third-order valence-electron chi connectivity index (χ3n) is 4.32. The number of fused-ring (bicyclic) bond motifs is 1. The molecule has 2 aliphatic rings. The molecular formula is C16H19N3S. The van der Waals surface area contributed by atoms with Crippen LogP contribution >= 0.6 is 12.2 Å². The van der Waals surface area contributed by atoms with Gasteiger partial charge in [0.1, 0.15) is 0 Å². The fraction of sp³-hybridized carbons (Fsp3) is 0.375. The van der Waals surface area contributed by atoms with E-state index in [0.29, 0.717) is 11.0 Å². The van der Waals surface area contributed by atoms with Gasteiger partial charge in [-0.1, -0.05) is 24.3 Å². The Morgan fingerprint density at radius 3 is 3.00 bits per heavy atom. The molecule has 0 aliphatic heterocycles. The van der Waals surface area contributed by atoms with Crippen LogP contribution in [0.15, 0.2) is 35.5 Å². The summed E-state index contributed by atoms with van der Waals surface area (Å²) in [6.07, 6.45) is 6.75. The normalized spacial score (nSPS) is 25.2. The van der Waals surface area contributed by atoms with Gasteiger partial charge >= 0.3 is 0 Å². The van der Waals surface area contributed by atoms with Crippen LogP contribution in [0.3, 0.4) is 0 Å². The van der Waals surface area contributed by atoms with E-state index >= 15 is 0 Å². The lowest BCUT2D eigenvalue weighted by molar-refractivity contribution is 0.463. The third-order valence-corrected chi connectivity index (χ3v) is 4.51. The Labute approximate surface area is 125 Å². The highest BCUT2D eigenvalue weighted by Gasteiger charge is 2.37. The van der Waals surface area contributed by atoms with Gasteiger partial charge in [0, 0.05) is 17.3 Å². The molecule has 1 fully saturated rings. The van der Waals surface area contributed by atoms with Gasteiger partial charge in [-0.15, -0.1) is 0 Å². The van der Waals surface area contributed by atoms with Crippen molar-refractivity contribution in [3.63, 3.8) is 0 Å². The molecule has 4 heteroatoms. The maximum Gasteiger partial charge on any atom is 0.191 e. The van der Waals surface area contributed by atoms with Gasteiger partial charge in [-0.2, -0.15) is 5.10 Å². The molecule has 3 nitrogen and oxygen atoms in total. The summed E-state index contributed by atoms with van der Waals surface area (Å²) in [5.41, 5.74) is 7.72. The maximum atomic E-state index is 5.30. The minimum absolute atomic E-state index is 0.556. The highest BCUT2D eigenvalue weighted by atomic mass is 32.1. The van der Waals surface area contributed by atoms with E-state index in [2.05, 4.69) is 47.9 Å². The molecule has 0 saturated heterocycles. The summed E-state index contributed by atoms with van der Waals surface area (Å²) < 4.78 is 0. The number of nitrogens with one attached hydrogen (secondary N) is 2. The summed E-state index contributed by atoms with van der Waals surface area (Å²) in [4.78, 5) is 0. The highest BCUT2D eigenvalue weighted by Crippen LogP contribution is 2.40. The molecule has 0 unspecified atom stereocenters. The molecule has 0 aromatic heterocycles.